The Labute approximate surface area is 365 Å². The maximum Gasteiger partial charge on any atom is 0.408 e. The number of carbonyl (C=O) groups is 6. The molecule has 0 fully saturated rings. The Morgan fingerprint density at radius 1 is 0.730 bits per heavy atom. The lowest BCUT2D eigenvalue weighted by Gasteiger charge is -2.30. The number of hydrogen-bond acceptors (Lipinski definition) is 10. The first-order valence-electron chi connectivity index (χ1n) is 20.9. The summed E-state index contributed by atoms with van der Waals surface area (Å²) in [5.41, 5.74) is 15.8. The van der Waals surface area contributed by atoms with Gasteiger partial charge in [0.05, 0.1) is 24.4 Å². The van der Waals surface area contributed by atoms with Crippen molar-refractivity contribution in [3.8, 4) is 0 Å². The largest absolute Gasteiger partial charge is 0.461 e. The van der Waals surface area contributed by atoms with E-state index in [1.54, 1.807) is 63.4 Å². The normalized spacial score (nSPS) is 16.1. The van der Waals surface area contributed by atoms with Crippen molar-refractivity contribution in [3.63, 3.8) is 0 Å². The average Bonchev–Trinajstić information content (AvgIpc) is 3.86. The number of carbonyl (C=O) groups excluding carboxylic acids is 6. The number of aromatic amines is 1. The highest BCUT2D eigenvalue weighted by molar-refractivity contribution is 6.16. The van der Waals surface area contributed by atoms with E-state index in [0.717, 1.165) is 27.2 Å². The van der Waals surface area contributed by atoms with Gasteiger partial charge in [-0.25, -0.2) is 9.69 Å². The summed E-state index contributed by atoms with van der Waals surface area (Å²) in [6.45, 7) is 5.02. The topological polar surface area (TPSA) is 204 Å². The molecule has 7 rings (SSSR count). The lowest BCUT2D eigenvalue weighted by Crippen LogP contribution is -2.58. The van der Waals surface area contributed by atoms with Crippen molar-refractivity contribution in [2.45, 2.75) is 88.6 Å². The lowest BCUT2D eigenvalue weighted by molar-refractivity contribution is -0.156. The molecule has 2 unspecified atom stereocenters. The van der Waals surface area contributed by atoms with Crippen LogP contribution in [0.1, 0.15) is 73.3 Å². The van der Waals surface area contributed by atoms with Gasteiger partial charge in [0.1, 0.15) is 18.2 Å². The zero-order valence-corrected chi connectivity index (χ0v) is 35.4. The van der Waals surface area contributed by atoms with Gasteiger partial charge in [0.25, 0.3) is 11.8 Å². The van der Waals surface area contributed by atoms with Crippen LogP contribution in [0.3, 0.4) is 0 Å². The SMILES string of the molecule is CC(C)(C)OC(=O)N[C@@H](Cc1c[nH]c2ccccc12)C(=O)N(C(=O)C1CC(C(=O)[C@@H](N)CC(=O)OCc2ccccc2)c2ccccc21)C(=O)[C@@H](N)Cc1ccc2ccccc2c1. The number of rotatable bonds is 14. The maximum absolute atomic E-state index is 15.2. The Balaban J connectivity index is 1.20. The molecule has 324 valence electrons. The fraction of sp³-hybridized carbons (Fsp3) is 0.280. The number of nitrogens with one attached hydrogen (secondary N) is 2. The maximum atomic E-state index is 15.2. The van der Waals surface area contributed by atoms with Crippen molar-refractivity contribution >= 4 is 57.2 Å². The molecule has 63 heavy (non-hydrogen) atoms. The highest BCUT2D eigenvalue weighted by Crippen LogP contribution is 2.44. The number of nitrogens with zero attached hydrogens (tertiary/aromatic N) is 1. The van der Waals surface area contributed by atoms with Gasteiger partial charge >= 0.3 is 12.1 Å². The standard InChI is InChI=1S/C50H51N5O8/c1-50(2,3)63-49(61)54-43(25-34-28-53-42-20-12-11-17-35(34)42)48(60)55(47(59)41(52)24-31-21-22-32-15-7-8-16-33(32)23-31)46(58)39-26-38(36-18-9-10-19-37(36)39)45(57)40(51)27-44(56)62-29-30-13-5-4-6-14-30/h4-23,28,38-41,43,53H,24-27,29,51-52H2,1-3H3,(H,54,61)/t38?,39?,40-,41-,43-/m0/s1. The van der Waals surface area contributed by atoms with Crippen LogP contribution in [-0.4, -0.2) is 69.2 Å². The third-order valence-electron chi connectivity index (χ3n) is 11.2. The van der Waals surface area contributed by atoms with Crippen LogP contribution in [0, 0.1) is 0 Å². The summed E-state index contributed by atoms with van der Waals surface area (Å²) in [5, 5.41) is 5.31. The number of para-hydroxylation sites is 1. The monoisotopic (exact) mass is 849 g/mol. The molecule has 1 aliphatic rings. The second-order valence-corrected chi connectivity index (χ2v) is 16.9. The molecule has 0 saturated carbocycles. The van der Waals surface area contributed by atoms with Gasteiger partial charge in [-0.15, -0.1) is 0 Å². The first-order valence-corrected chi connectivity index (χ1v) is 20.9. The minimum Gasteiger partial charge on any atom is -0.461 e. The number of imide groups is 3. The second kappa shape index (κ2) is 19.0. The number of Topliss-reactive ketones (excluding diaryl/α,β-unsaturated/α-hetero) is 1. The van der Waals surface area contributed by atoms with Crippen molar-refractivity contribution in [1.82, 2.24) is 15.2 Å². The van der Waals surface area contributed by atoms with Gasteiger partial charge in [0.2, 0.25) is 5.91 Å². The number of alkyl carbamates (subject to hydrolysis) is 1. The molecule has 0 saturated heterocycles. The molecule has 1 aliphatic carbocycles. The Hall–Kier alpha value is -6.96. The van der Waals surface area contributed by atoms with Crippen molar-refractivity contribution in [1.29, 1.82) is 0 Å². The van der Waals surface area contributed by atoms with Gasteiger partial charge in [-0.3, -0.25) is 24.0 Å². The Morgan fingerprint density at radius 2 is 1.38 bits per heavy atom. The predicted octanol–water partition coefficient (Wildman–Crippen LogP) is 6.51. The number of H-pyrrole nitrogens is 1. The molecule has 0 bridgehead atoms. The van der Waals surface area contributed by atoms with E-state index in [2.05, 4.69) is 10.3 Å². The first kappa shape index (κ1) is 44.1. The van der Waals surface area contributed by atoms with E-state index >= 15 is 9.59 Å². The zero-order valence-electron chi connectivity index (χ0n) is 35.4. The van der Waals surface area contributed by atoms with Crippen LogP contribution in [-0.2, 0) is 52.9 Å². The van der Waals surface area contributed by atoms with Crippen molar-refractivity contribution in [2.75, 3.05) is 0 Å². The molecule has 13 heteroatoms. The van der Waals surface area contributed by atoms with Gasteiger partial charge < -0.3 is 31.2 Å². The number of amides is 4. The fourth-order valence-corrected chi connectivity index (χ4v) is 8.15. The summed E-state index contributed by atoms with van der Waals surface area (Å²) in [6.07, 6.45) is 0.0658. The highest BCUT2D eigenvalue weighted by Gasteiger charge is 2.46. The smallest absolute Gasteiger partial charge is 0.408 e. The van der Waals surface area contributed by atoms with E-state index in [-0.39, 0.29) is 25.9 Å². The van der Waals surface area contributed by atoms with Crippen LogP contribution in [0.4, 0.5) is 4.79 Å². The number of nitrogens with two attached hydrogens (primary N) is 2. The summed E-state index contributed by atoms with van der Waals surface area (Å²) in [6, 6.07) is 32.4. The summed E-state index contributed by atoms with van der Waals surface area (Å²) in [4.78, 5) is 89.1. The summed E-state index contributed by atoms with van der Waals surface area (Å²) in [7, 11) is 0. The molecule has 1 aromatic heterocycles. The molecule has 5 aromatic carbocycles. The van der Waals surface area contributed by atoms with Gasteiger partial charge in [0.15, 0.2) is 5.78 Å². The molecule has 6 aromatic rings. The predicted molar refractivity (Wildman–Crippen MR) is 238 cm³/mol. The number of benzene rings is 5. The Bertz CT molecular complexity index is 2670. The molecule has 0 radical (unpaired) electrons. The van der Waals surface area contributed by atoms with Crippen LogP contribution in [0.25, 0.3) is 21.7 Å². The number of aromatic nitrogens is 1. The molecule has 4 amide bonds. The number of ether oxygens (including phenoxy) is 2. The van der Waals surface area contributed by atoms with Gasteiger partial charge in [0, 0.05) is 29.4 Å². The fourth-order valence-electron chi connectivity index (χ4n) is 8.15. The van der Waals surface area contributed by atoms with E-state index in [4.69, 9.17) is 20.9 Å². The third-order valence-corrected chi connectivity index (χ3v) is 11.2. The highest BCUT2D eigenvalue weighted by atomic mass is 16.6. The molecule has 1 heterocycles. The van der Waals surface area contributed by atoms with Crippen molar-refractivity contribution in [3.05, 3.63) is 155 Å². The van der Waals surface area contributed by atoms with Crippen LogP contribution in [0.2, 0.25) is 0 Å². The molecular formula is C50H51N5O8. The van der Waals surface area contributed by atoms with Crippen LogP contribution < -0.4 is 16.8 Å². The summed E-state index contributed by atoms with van der Waals surface area (Å²) >= 11 is 0. The van der Waals surface area contributed by atoms with E-state index in [1.807, 2.05) is 84.9 Å². The van der Waals surface area contributed by atoms with Gasteiger partial charge in [-0.1, -0.05) is 115 Å². The van der Waals surface area contributed by atoms with Crippen LogP contribution >= 0.6 is 0 Å². The number of hydrogen-bond donors (Lipinski definition) is 4. The average molecular weight is 850 g/mol. The van der Waals surface area contributed by atoms with Gasteiger partial charge in [-0.2, -0.15) is 0 Å². The molecule has 13 nitrogen and oxygen atoms in total. The minimum atomic E-state index is -1.48. The molecule has 0 spiro atoms. The Kier molecular flexibility index (Phi) is 13.3. The molecular weight excluding hydrogens is 799 g/mol. The number of fused-ring (bicyclic) bond motifs is 3. The third kappa shape index (κ3) is 10.4. The summed E-state index contributed by atoms with van der Waals surface area (Å²) < 4.78 is 10.9. The number of esters is 1. The second-order valence-electron chi connectivity index (χ2n) is 16.9. The number of ketones is 1. The molecule has 0 aliphatic heterocycles. The van der Waals surface area contributed by atoms with E-state index < -0.39 is 77.6 Å². The van der Waals surface area contributed by atoms with E-state index in [1.165, 1.54) is 0 Å². The van der Waals surface area contributed by atoms with Crippen LogP contribution in [0.15, 0.2) is 128 Å². The van der Waals surface area contributed by atoms with Crippen molar-refractivity contribution in [2.24, 2.45) is 11.5 Å². The summed E-state index contributed by atoms with van der Waals surface area (Å²) in [5.74, 6) is -6.24. The first-order chi connectivity index (χ1) is 30.2. The van der Waals surface area contributed by atoms with Crippen LogP contribution in [0.5, 0.6) is 0 Å². The molecule has 6 N–H and O–H groups in total. The van der Waals surface area contributed by atoms with Crippen molar-refractivity contribution < 1.29 is 38.2 Å². The van der Waals surface area contributed by atoms with E-state index in [9.17, 15) is 19.2 Å². The quantitative estimate of drug-likeness (QED) is 0.0875. The Morgan fingerprint density at radius 3 is 2.11 bits per heavy atom. The van der Waals surface area contributed by atoms with Gasteiger partial charge in [-0.05, 0) is 78.3 Å². The zero-order chi connectivity index (χ0) is 44.8. The van der Waals surface area contributed by atoms with E-state index in [0.29, 0.717) is 27.2 Å². The molecule has 5 atom stereocenters. The lowest BCUT2D eigenvalue weighted by atomic mass is 9.90. The minimum absolute atomic E-state index is 0.00833.